The summed E-state index contributed by atoms with van der Waals surface area (Å²) in [6.07, 6.45) is 1.46. The number of carbonyl (C=O) groups excluding carboxylic acids is 2. The Morgan fingerprint density at radius 1 is 0.371 bits per heavy atom. The van der Waals surface area contributed by atoms with Gasteiger partial charge < -0.3 is 76.9 Å². The Morgan fingerprint density at radius 3 is 1.09 bits per heavy atom. The molecule has 20 nitrogen and oxygen atoms in total. The van der Waals surface area contributed by atoms with Crippen LogP contribution in [0.4, 0.5) is 0 Å². The molecule has 8 aromatic carbocycles. The second-order valence-electron chi connectivity index (χ2n) is 26.4. The van der Waals surface area contributed by atoms with Gasteiger partial charge in [-0.15, -0.1) is 0 Å². The molecule has 105 heavy (non-hydrogen) atoms. The molecule has 8 aromatic rings. The van der Waals surface area contributed by atoms with Crippen LogP contribution in [-0.2, 0) is 92.5 Å². The number of unbranched alkanes of at least 4 members (excludes halogenated alkanes) is 1. The lowest BCUT2D eigenvalue weighted by molar-refractivity contribution is -0.147. The standard InChI is InChI=1S/C72H88Br2O20Si11/c1-71(2,73)69(75)79-57-55-77-52-33-34-54-81-99(62-38-19-10-20-39-62)85-98(60-61-36-17-9-18-37-61)86-100(82-95-5,63-40-21-11-22-41-63)89-104(88-99,67-48-29-15-30-49-67)94-105(68-50-31-16-32-51-68)91-101(83-96-6,64-42-23-12-24-43-64)90-103(87-98,66-46-27-14-28-47-66)92-102(93-105,65-44-25-13-26-45-65)84-97(7,8)59-35-53-78-56-58-80-70(76)72(3,4)74/h9-32,36-51H,33-35,52-60H2,1-8H3. The zero-order valence-electron chi connectivity index (χ0n) is 60.0. The molecule has 4 saturated heterocycles. The second kappa shape index (κ2) is 36.1. The van der Waals surface area contributed by atoms with Crippen molar-refractivity contribution in [1.29, 1.82) is 0 Å². The third kappa shape index (κ3) is 20.1. The third-order valence-electron chi connectivity index (χ3n) is 16.7. The molecule has 4 aliphatic heterocycles. The van der Waals surface area contributed by atoms with Gasteiger partial charge >= 0.3 is 82.4 Å². The smallest absolute Gasteiger partial charge is 0.462 e. The first-order chi connectivity index (χ1) is 50.5. The van der Waals surface area contributed by atoms with E-state index in [4.69, 9.17) is 76.9 Å². The lowest BCUT2D eigenvalue weighted by Gasteiger charge is -2.57. The van der Waals surface area contributed by atoms with Crippen molar-refractivity contribution in [2.75, 3.05) is 46.2 Å². The Labute approximate surface area is 648 Å². The van der Waals surface area contributed by atoms with Crippen LogP contribution in [0.1, 0.15) is 52.5 Å². The summed E-state index contributed by atoms with van der Waals surface area (Å²) in [5.41, 5.74) is 0.737. The summed E-state index contributed by atoms with van der Waals surface area (Å²) in [6, 6.07) is 77.4. The van der Waals surface area contributed by atoms with Crippen molar-refractivity contribution in [3.63, 3.8) is 0 Å². The minimum Gasteiger partial charge on any atom is -0.462 e. The van der Waals surface area contributed by atoms with Gasteiger partial charge in [0, 0.05) is 62.2 Å². The van der Waals surface area contributed by atoms with Crippen LogP contribution in [-0.4, -0.2) is 165 Å². The molecule has 0 aromatic heterocycles. The Morgan fingerprint density at radius 2 is 0.686 bits per heavy atom. The zero-order chi connectivity index (χ0) is 74.2. The van der Waals surface area contributed by atoms with E-state index in [9.17, 15) is 9.59 Å². The molecule has 0 N–H and O–H groups in total. The van der Waals surface area contributed by atoms with E-state index in [0.29, 0.717) is 74.8 Å². The van der Waals surface area contributed by atoms with Crippen LogP contribution >= 0.6 is 31.9 Å². The number of hydrogen-bond acceptors (Lipinski definition) is 20. The van der Waals surface area contributed by atoms with Gasteiger partial charge in [0.25, 0.3) is 0 Å². The van der Waals surface area contributed by atoms with Crippen molar-refractivity contribution < 1.29 is 86.5 Å². The second-order valence-corrected chi connectivity index (χ2v) is 59.6. The third-order valence-corrected chi connectivity index (χ3v) is 56.7. The van der Waals surface area contributed by atoms with E-state index in [1.165, 1.54) is 0 Å². The highest BCUT2D eigenvalue weighted by molar-refractivity contribution is 9.10. The van der Waals surface area contributed by atoms with Crippen LogP contribution in [0.25, 0.3) is 0 Å². The number of halogens is 2. The van der Waals surface area contributed by atoms with Crippen LogP contribution in [0.15, 0.2) is 243 Å². The van der Waals surface area contributed by atoms with Crippen molar-refractivity contribution in [2.45, 2.75) is 93.9 Å². The lowest BCUT2D eigenvalue weighted by Crippen LogP contribution is -2.89. The summed E-state index contributed by atoms with van der Waals surface area (Å²) >= 11 is 6.80. The lowest BCUT2D eigenvalue weighted by atomic mass is 10.2. The van der Waals surface area contributed by atoms with Gasteiger partial charge in [0.05, 0.1) is 13.2 Å². The van der Waals surface area contributed by atoms with Gasteiger partial charge in [-0.2, -0.15) is 0 Å². The summed E-state index contributed by atoms with van der Waals surface area (Å²) in [4.78, 5) is 25.4. The van der Waals surface area contributed by atoms with Crippen LogP contribution in [0.3, 0.4) is 0 Å². The van der Waals surface area contributed by atoms with E-state index in [1.54, 1.807) is 27.7 Å². The highest BCUT2D eigenvalue weighted by atomic mass is 79.9. The summed E-state index contributed by atoms with van der Waals surface area (Å²) < 4.78 is 139. The van der Waals surface area contributed by atoms with Crippen LogP contribution in [0, 0.1) is 0 Å². The monoisotopic (exact) mass is 1740 g/mol. The first-order valence-electron chi connectivity index (χ1n) is 34.8. The Balaban J connectivity index is 1.24. The average molecular weight is 1740 g/mol. The highest BCUT2D eigenvalue weighted by Gasteiger charge is 2.80. The van der Waals surface area contributed by atoms with E-state index in [1.807, 2.05) is 256 Å². The Hall–Kier alpha value is -4.59. The normalized spacial score (nSPS) is 25.8. The number of ether oxygens (including phenoxy) is 4. The fraction of sp³-hybridized carbons (Fsp3) is 0.306. The number of benzene rings is 8. The van der Waals surface area contributed by atoms with E-state index in [-0.39, 0.29) is 58.6 Å². The molecule has 554 valence electrons. The molecule has 12 rings (SSSR count). The van der Waals surface area contributed by atoms with Crippen LogP contribution in [0.2, 0.25) is 32.2 Å². The number of hydrogen-bond donors (Lipinski definition) is 0. The van der Waals surface area contributed by atoms with Gasteiger partial charge in [-0.25, -0.2) is 0 Å². The van der Waals surface area contributed by atoms with E-state index in [0.717, 1.165) is 5.56 Å². The summed E-state index contributed by atoms with van der Waals surface area (Å²) in [6.45, 7) is 16.2. The summed E-state index contributed by atoms with van der Waals surface area (Å²) in [5.74, 6) is -0.784. The van der Waals surface area contributed by atoms with E-state index in [2.05, 4.69) is 45.0 Å². The molecule has 0 spiro atoms. The molecule has 0 aliphatic carbocycles. The van der Waals surface area contributed by atoms with Gasteiger partial charge in [-0.3, -0.25) is 9.59 Å². The minimum absolute atomic E-state index is 0.0315. The molecule has 0 amide bonds. The Kier molecular flexibility index (Phi) is 27.9. The molecular weight excluding hydrogens is 1650 g/mol. The van der Waals surface area contributed by atoms with Crippen LogP contribution in [0.5, 0.6) is 0 Å². The molecule has 4 fully saturated rings. The molecule has 8 atom stereocenters. The number of alkyl halides is 2. The fourth-order valence-electron chi connectivity index (χ4n) is 11.8. The van der Waals surface area contributed by atoms with Gasteiger partial charge in [0.15, 0.2) is 8.32 Å². The molecule has 4 radical (unpaired) electrons. The summed E-state index contributed by atoms with van der Waals surface area (Å²) in [7, 11) is -45.0. The fourth-order valence-corrected chi connectivity index (χ4v) is 61.5. The first kappa shape index (κ1) is 81.4. The maximum Gasteiger partial charge on any atom is 0.522 e. The quantitative estimate of drug-likeness (QED) is 0.0163. The van der Waals surface area contributed by atoms with Crippen molar-refractivity contribution in [1.82, 2.24) is 0 Å². The van der Waals surface area contributed by atoms with Gasteiger partial charge in [-0.05, 0) is 84.8 Å². The topological polar surface area (TPSA) is 200 Å². The predicted molar refractivity (Wildman–Crippen MR) is 428 cm³/mol. The molecular formula is C72H88Br2O20Si11. The van der Waals surface area contributed by atoms with Gasteiger partial charge in [-0.1, -0.05) is 275 Å². The highest BCUT2D eigenvalue weighted by Crippen LogP contribution is 2.44. The Bertz CT molecular complexity index is 4050. The number of carbonyl (C=O) groups is 2. The summed E-state index contributed by atoms with van der Waals surface area (Å²) in [5, 5.41) is 3.42. The van der Waals surface area contributed by atoms with Crippen molar-refractivity contribution >= 4 is 178 Å². The molecule has 4 heterocycles. The maximum absolute atomic E-state index is 12.7. The maximum atomic E-state index is 12.7. The number of fused-ring (bicyclic) bond motifs is 4. The minimum atomic E-state index is -5.38. The van der Waals surface area contributed by atoms with Gasteiger partial charge in [0.2, 0.25) is 19.5 Å². The zero-order valence-corrected chi connectivity index (χ0v) is 74.2. The number of rotatable bonds is 33. The van der Waals surface area contributed by atoms with Crippen LogP contribution < -0.4 is 36.3 Å². The molecule has 33 heteroatoms. The molecule has 4 bridgehead atoms. The van der Waals surface area contributed by atoms with E-state index < -0.39 is 99.3 Å². The van der Waals surface area contributed by atoms with Crippen molar-refractivity contribution in [2.24, 2.45) is 0 Å². The molecule has 0 saturated carbocycles. The predicted octanol–water partition coefficient (Wildman–Crippen LogP) is 9.08. The largest absolute Gasteiger partial charge is 0.522 e. The van der Waals surface area contributed by atoms with Crippen molar-refractivity contribution in [3.05, 3.63) is 248 Å². The average Bonchev–Trinajstić information content (AvgIpc) is 0.690. The first-order valence-corrected chi connectivity index (χ1v) is 56.3. The van der Waals surface area contributed by atoms with Crippen molar-refractivity contribution in [3.8, 4) is 0 Å². The SMILES string of the molecule is C[Si]O[Si]1(c2ccccc2)O[Si]2(Cc3ccccc3)O[Si](OCCCCOCCOC(=O)C(C)(C)Br)(c3ccccc3)O[Si](c3ccccc3)(O1)O[Si]1(c3ccccc3)O[Si](O[Si]C)(c3ccccc3)O[Si](c3ccccc3)(O2)O[Si](O[Si](C)(C)CCCOCCOC(=O)C(C)(C)Br)(c2ccccc2)O1. The van der Waals surface area contributed by atoms with E-state index >= 15 is 0 Å². The van der Waals surface area contributed by atoms with Gasteiger partial charge in [0.1, 0.15) is 21.9 Å². The number of esters is 2. The molecule has 8 unspecified atom stereocenters. The molecule has 4 aliphatic rings.